The topological polar surface area (TPSA) is 51.6 Å². The third-order valence-corrected chi connectivity index (χ3v) is 22.2. The fourth-order valence-corrected chi connectivity index (χ4v) is 17.4. The highest BCUT2D eigenvalue weighted by atomic mass is 32.1. The van der Waals surface area contributed by atoms with E-state index in [1.807, 2.05) is 0 Å². The van der Waals surface area contributed by atoms with E-state index in [2.05, 4.69) is 53.7 Å². The summed E-state index contributed by atoms with van der Waals surface area (Å²) in [4.78, 5) is 0. The van der Waals surface area contributed by atoms with Gasteiger partial charge >= 0.3 is 0 Å². The van der Waals surface area contributed by atoms with Crippen molar-refractivity contribution in [3.05, 3.63) is 57.1 Å². The minimum Gasteiger partial charge on any atom is -0.206 e. The summed E-state index contributed by atoms with van der Waals surface area (Å²) in [6, 6.07) is 4.66. The molecule has 0 aliphatic heterocycles. The maximum atomic E-state index is 19.9. The molecule has 0 bridgehead atoms. The standard InChI is InChI=1S/C78H124F2N4S2/c1-7-11-15-19-23-27-31-35-39-43-47-51-55-77(56-52-48-44-40-36-32-28-24-20-16-12-8-2)63-59-61(5)73-75(83-85-81-73)65(63)67-69(77)71(79)68-66-64(60-62(6)74-76(66)84-86-82-74)78(70(68)72(67)80,57-53-49-45-41-37-33-29-25-21-17-13-9-3)58-54-50-46-42-38-34-30-26-22-18-14-10-4/h59-60H,7-58H2,1-6H3. The lowest BCUT2D eigenvalue weighted by Gasteiger charge is -2.35. The Morgan fingerprint density at radius 3 is 0.698 bits per heavy atom. The molecule has 0 amide bonds. The molecule has 7 rings (SSSR count). The molecule has 2 aliphatic carbocycles. The number of aryl methyl sites for hydroxylation is 2. The van der Waals surface area contributed by atoms with Crippen LogP contribution in [0.3, 0.4) is 0 Å². The van der Waals surface area contributed by atoms with Crippen molar-refractivity contribution in [1.82, 2.24) is 17.5 Å². The number of halogens is 2. The van der Waals surface area contributed by atoms with Crippen molar-refractivity contribution < 1.29 is 8.78 Å². The van der Waals surface area contributed by atoms with Crippen molar-refractivity contribution in [1.29, 1.82) is 0 Å². The van der Waals surface area contributed by atoms with Crippen molar-refractivity contribution in [2.75, 3.05) is 0 Å². The third kappa shape index (κ3) is 19.1. The molecule has 482 valence electrons. The van der Waals surface area contributed by atoms with Gasteiger partial charge in [0.25, 0.3) is 0 Å². The Morgan fingerprint density at radius 1 is 0.279 bits per heavy atom. The predicted molar refractivity (Wildman–Crippen MR) is 373 cm³/mol. The van der Waals surface area contributed by atoms with Crippen LogP contribution in [0.2, 0.25) is 0 Å². The lowest BCUT2D eigenvalue weighted by molar-refractivity contribution is 0.374. The molecule has 8 heteroatoms. The second-order valence-corrected chi connectivity index (χ2v) is 29.1. The Balaban J connectivity index is 1.24. The molecule has 0 radical (unpaired) electrons. The van der Waals surface area contributed by atoms with Gasteiger partial charge < -0.3 is 0 Å². The minimum absolute atomic E-state index is 0.176. The average molecular weight is 1220 g/mol. The van der Waals surface area contributed by atoms with E-state index in [9.17, 15) is 0 Å². The van der Waals surface area contributed by atoms with E-state index in [1.165, 1.54) is 280 Å². The van der Waals surface area contributed by atoms with Crippen LogP contribution in [0.1, 0.15) is 395 Å². The summed E-state index contributed by atoms with van der Waals surface area (Å²) in [7, 11) is 0. The number of fused-ring (bicyclic) bond motifs is 10. The second kappa shape index (κ2) is 39.4. The SMILES string of the molecule is CCCCCCCCCCCCCCC1(CCCCCCCCCCCCCC)c2cc(C)c3nsnc3c2-c2c(F)c3c(c(F)c21)-c1c(cc(C)c2nsnc12)C3(CCCCCCCCCCCCCC)CCCCCCCCCCCCCC. The molecule has 0 unspecified atom stereocenters. The van der Waals surface area contributed by atoms with Gasteiger partial charge in [0, 0.05) is 44.2 Å². The zero-order chi connectivity index (χ0) is 60.7. The highest BCUT2D eigenvalue weighted by Gasteiger charge is 2.54. The van der Waals surface area contributed by atoms with Gasteiger partial charge in [0.2, 0.25) is 0 Å². The van der Waals surface area contributed by atoms with Gasteiger partial charge in [-0.15, -0.1) is 0 Å². The fraction of sp³-hybridized carbons (Fsp3) is 0.769. The van der Waals surface area contributed by atoms with Crippen molar-refractivity contribution in [3.63, 3.8) is 0 Å². The number of hydrogen-bond donors (Lipinski definition) is 0. The molecule has 0 atom stereocenters. The summed E-state index contributed by atoms with van der Waals surface area (Å²) in [6.45, 7) is 13.5. The molecular weight excluding hydrogens is 1100 g/mol. The van der Waals surface area contributed by atoms with Crippen molar-refractivity contribution >= 4 is 45.5 Å². The van der Waals surface area contributed by atoms with Crippen LogP contribution in [0.25, 0.3) is 44.3 Å². The van der Waals surface area contributed by atoms with Crippen LogP contribution in [0.5, 0.6) is 0 Å². The number of unbranched alkanes of at least 4 members (excludes halogenated alkanes) is 44. The van der Waals surface area contributed by atoms with Crippen LogP contribution in [-0.2, 0) is 10.8 Å². The summed E-state index contributed by atoms with van der Waals surface area (Å²) in [6.07, 6.45) is 64.5. The molecule has 2 heterocycles. The number of benzene rings is 3. The van der Waals surface area contributed by atoms with Gasteiger partial charge in [-0.25, -0.2) is 8.78 Å². The molecule has 0 spiro atoms. The van der Waals surface area contributed by atoms with E-state index in [1.54, 1.807) is 0 Å². The van der Waals surface area contributed by atoms with Gasteiger partial charge in [-0.1, -0.05) is 348 Å². The highest BCUT2D eigenvalue weighted by molar-refractivity contribution is 7.00. The molecule has 0 saturated heterocycles. The van der Waals surface area contributed by atoms with Crippen LogP contribution < -0.4 is 0 Å². The number of hydrogen-bond acceptors (Lipinski definition) is 6. The first kappa shape index (κ1) is 70.6. The van der Waals surface area contributed by atoms with Crippen LogP contribution in [0.15, 0.2) is 12.1 Å². The zero-order valence-electron chi connectivity index (χ0n) is 56.3. The van der Waals surface area contributed by atoms with E-state index >= 15 is 8.78 Å². The first-order chi connectivity index (χ1) is 42.3. The average Bonchev–Trinajstić information content (AvgIpc) is 1.52. The van der Waals surface area contributed by atoms with Gasteiger partial charge in [0.1, 0.15) is 33.7 Å². The zero-order valence-corrected chi connectivity index (χ0v) is 57.9. The predicted octanol–water partition coefficient (Wildman–Crippen LogP) is 27.5. The smallest absolute Gasteiger partial charge is 0.136 e. The maximum absolute atomic E-state index is 19.9. The van der Waals surface area contributed by atoms with Crippen molar-refractivity contribution in [2.45, 2.75) is 386 Å². The van der Waals surface area contributed by atoms with Crippen LogP contribution in [0.4, 0.5) is 8.78 Å². The summed E-state index contributed by atoms with van der Waals surface area (Å²) in [5, 5.41) is 0. The fourth-order valence-electron chi connectivity index (χ4n) is 16.1. The molecule has 5 aromatic rings. The minimum atomic E-state index is -0.676. The number of aromatic nitrogens is 4. The largest absolute Gasteiger partial charge is 0.206 e. The van der Waals surface area contributed by atoms with Gasteiger partial charge in [-0.3, -0.25) is 0 Å². The summed E-state index contributed by atoms with van der Waals surface area (Å²) in [5.41, 5.74) is 10.3. The Labute approximate surface area is 534 Å². The molecule has 2 aliphatic rings. The number of rotatable bonds is 52. The van der Waals surface area contributed by atoms with E-state index < -0.39 is 10.8 Å². The lowest BCUT2D eigenvalue weighted by Crippen LogP contribution is -2.29. The van der Waals surface area contributed by atoms with Crippen LogP contribution >= 0.6 is 23.5 Å². The van der Waals surface area contributed by atoms with E-state index in [0.29, 0.717) is 22.3 Å². The van der Waals surface area contributed by atoms with Crippen molar-refractivity contribution in [3.8, 4) is 22.3 Å². The van der Waals surface area contributed by atoms with Gasteiger partial charge in [0.15, 0.2) is 0 Å². The summed E-state index contributed by atoms with van der Waals surface area (Å²) in [5.74, 6) is -0.352. The monoisotopic (exact) mass is 1220 g/mol. The Kier molecular flexibility index (Phi) is 32.4. The van der Waals surface area contributed by atoms with E-state index in [4.69, 9.17) is 17.5 Å². The molecule has 0 N–H and O–H groups in total. The second-order valence-electron chi connectivity index (χ2n) is 28.0. The Bertz CT molecular complexity index is 2450. The molecule has 3 aromatic carbocycles. The lowest BCUT2D eigenvalue weighted by atomic mass is 9.68. The number of nitrogens with zero attached hydrogens (tertiary/aromatic N) is 4. The maximum Gasteiger partial charge on any atom is 0.136 e. The highest BCUT2D eigenvalue weighted by Crippen LogP contribution is 2.65. The molecule has 0 saturated carbocycles. The Hall–Kier alpha value is -2.84. The Morgan fingerprint density at radius 2 is 0.477 bits per heavy atom. The molecule has 2 aromatic heterocycles. The van der Waals surface area contributed by atoms with Crippen molar-refractivity contribution in [2.24, 2.45) is 0 Å². The first-order valence-corrected chi connectivity index (χ1v) is 38.9. The molecular formula is C78H124F2N4S2. The van der Waals surface area contributed by atoms with Crippen LogP contribution in [-0.4, -0.2) is 17.5 Å². The van der Waals surface area contributed by atoms with Crippen LogP contribution in [0, 0.1) is 25.5 Å². The first-order valence-electron chi connectivity index (χ1n) is 37.4. The van der Waals surface area contributed by atoms with Gasteiger partial charge in [-0.05, 0) is 61.8 Å². The van der Waals surface area contributed by atoms with E-state index in [0.717, 1.165) is 132 Å². The molecule has 0 fully saturated rings. The summed E-state index contributed by atoms with van der Waals surface area (Å²) >= 11 is 2.46. The van der Waals surface area contributed by atoms with Gasteiger partial charge in [0.05, 0.1) is 23.5 Å². The quantitative estimate of drug-likeness (QED) is 0.0364. The van der Waals surface area contributed by atoms with Gasteiger partial charge in [-0.2, -0.15) is 17.5 Å². The normalized spacial score (nSPS) is 13.9. The third-order valence-electron chi connectivity index (χ3n) is 21.2. The van der Waals surface area contributed by atoms with E-state index in [-0.39, 0.29) is 11.6 Å². The summed E-state index contributed by atoms with van der Waals surface area (Å²) < 4.78 is 59.8. The molecule has 86 heavy (non-hydrogen) atoms. The molecule has 4 nitrogen and oxygen atoms in total.